The first-order chi connectivity index (χ1) is 15.7. The van der Waals surface area contributed by atoms with Crippen LogP contribution >= 0.6 is 0 Å². The van der Waals surface area contributed by atoms with Gasteiger partial charge in [-0.05, 0) is 24.6 Å². The second-order valence-corrected chi connectivity index (χ2v) is 7.67. The quantitative estimate of drug-likeness (QED) is 0.451. The molecule has 0 fully saturated rings. The number of hydrogen-bond acceptors (Lipinski definition) is 4. The summed E-state index contributed by atoms with van der Waals surface area (Å²) in [6.45, 7) is 2.89. The second kappa shape index (κ2) is 8.47. The van der Waals surface area contributed by atoms with E-state index in [1.165, 1.54) is 0 Å². The van der Waals surface area contributed by atoms with E-state index in [1.54, 1.807) is 6.20 Å². The third-order valence-corrected chi connectivity index (χ3v) is 5.31. The van der Waals surface area contributed by atoms with Crippen molar-refractivity contribution < 1.29 is 4.79 Å². The minimum Gasteiger partial charge on any atom is -0.345 e. The summed E-state index contributed by atoms with van der Waals surface area (Å²) in [7, 11) is 0. The number of nitrogens with one attached hydrogen (secondary N) is 1. The molecule has 5 aromatic rings. The van der Waals surface area contributed by atoms with Crippen LogP contribution in [0.3, 0.4) is 0 Å². The molecule has 0 bridgehead atoms. The van der Waals surface area contributed by atoms with Crippen LogP contribution < -0.4 is 5.32 Å². The van der Waals surface area contributed by atoms with Crippen molar-refractivity contribution in [3.63, 3.8) is 0 Å². The molecule has 5 rings (SSSR count). The van der Waals surface area contributed by atoms with Gasteiger partial charge in [0, 0.05) is 18.0 Å². The highest BCUT2D eigenvalue weighted by Crippen LogP contribution is 2.23. The Labute approximate surface area is 185 Å². The highest BCUT2D eigenvalue weighted by atomic mass is 16.1. The molecule has 0 spiro atoms. The van der Waals surface area contributed by atoms with Gasteiger partial charge in [-0.2, -0.15) is 5.10 Å². The number of hydrogen-bond donors (Lipinski definition) is 1. The predicted octanol–water partition coefficient (Wildman–Crippen LogP) is 3.88. The Hall–Kier alpha value is -4.26. The van der Waals surface area contributed by atoms with Crippen LogP contribution in [0, 0.1) is 6.92 Å². The van der Waals surface area contributed by atoms with Gasteiger partial charge >= 0.3 is 0 Å². The number of aryl methyl sites for hydroxylation is 1. The van der Waals surface area contributed by atoms with Crippen molar-refractivity contribution in [3.8, 4) is 11.3 Å². The van der Waals surface area contributed by atoms with Crippen LogP contribution in [0.2, 0.25) is 0 Å². The molecule has 0 aliphatic rings. The van der Waals surface area contributed by atoms with Crippen molar-refractivity contribution >= 4 is 11.6 Å². The fraction of sp³-hybridized carbons (Fsp3) is 0.120. The van der Waals surface area contributed by atoms with E-state index in [0.29, 0.717) is 23.6 Å². The third-order valence-electron chi connectivity index (χ3n) is 5.31. The number of carbonyl (C=O) groups is 1. The van der Waals surface area contributed by atoms with Gasteiger partial charge in [-0.3, -0.25) is 13.9 Å². The molecule has 0 unspecified atom stereocenters. The Morgan fingerprint density at radius 2 is 1.72 bits per heavy atom. The van der Waals surface area contributed by atoms with E-state index >= 15 is 0 Å². The van der Waals surface area contributed by atoms with Gasteiger partial charge in [-0.1, -0.05) is 66.2 Å². The van der Waals surface area contributed by atoms with Gasteiger partial charge in [0.2, 0.25) is 0 Å². The average Bonchev–Trinajstić information content (AvgIpc) is 3.43. The molecule has 1 amide bonds. The van der Waals surface area contributed by atoms with Crippen LogP contribution in [-0.2, 0) is 13.1 Å². The molecule has 0 aliphatic carbocycles. The lowest BCUT2D eigenvalue weighted by atomic mass is 10.1. The zero-order valence-corrected chi connectivity index (χ0v) is 17.6. The lowest BCUT2D eigenvalue weighted by Crippen LogP contribution is -2.24. The molecular formula is C25H22N6O. The number of benzene rings is 2. The van der Waals surface area contributed by atoms with E-state index in [4.69, 9.17) is 5.10 Å². The van der Waals surface area contributed by atoms with Crippen LogP contribution in [0.15, 0.2) is 85.2 Å². The van der Waals surface area contributed by atoms with Gasteiger partial charge in [-0.25, -0.2) is 0 Å². The monoisotopic (exact) mass is 422 g/mol. The van der Waals surface area contributed by atoms with Gasteiger partial charge < -0.3 is 5.32 Å². The van der Waals surface area contributed by atoms with Gasteiger partial charge in [0.15, 0.2) is 11.5 Å². The Kier molecular flexibility index (Phi) is 5.21. The SMILES string of the molecule is Cc1ccc(-c2nn(Cc3ccccc3)cc2C(=O)NCc2nnc3ccccn23)cc1. The number of amides is 1. The standard InChI is InChI=1S/C25H22N6O/c1-18-10-12-20(13-11-18)24-21(17-30(29-24)16-19-7-3-2-4-8-19)25(32)26-15-23-28-27-22-9-5-6-14-31(22)23/h2-14,17H,15-16H2,1H3,(H,26,32). The van der Waals surface area contributed by atoms with Crippen molar-refractivity contribution in [1.82, 2.24) is 29.7 Å². The molecule has 7 heteroatoms. The highest BCUT2D eigenvalue weighted by molar-refractivity contribution is 5.99. The number of nitrogens with zero attached hydrogens (tertiary/aromatic N) is 5. The number of rotatable bonds is 6. The third kappa shape index (κ3) is 4.00. The average molecular weight is 422 g/mol. The molecule has 32 heavy (non-hydrogen) atoms. The number of fused-ring (bicyclic) bond motifs is 1. The van der Waals surface area contributed by atoms with Crippen LogP contribution in [0.1, 0.15) is 27.3 Å². The van der Waals surface area contributed by atoms with E-state index in [-0.39, 0.29) is 12.5 Å². The van der Waals surface area contributed by atoms with Crippen LogP contribution in [0.5, 0.6) is 0 Å². The first-order valence-electron chi connectivity index (χ1n) is 10.4. The van der Waals surface area contributed by atoms with E-state index in [0.717, 1.165) is 22.3 Å². The predicted molar refractivity (Wildman–Crippen MR) is 122 cm³/mol. The van der Waals surface area contributed by atoms with E-state index in [1.807, 2.05) is 95.0 Å². The number of pyridine rings is 1. The van der Waals surface area contributed by atoms with E-state index < -0.39 is 0 Å². The summed E-state index contributed by atoms with van der Waals surface area (Å²) in [5.41, 5.74) is 5.10. The Morgan fingerprint density at radius 3 is 2.53 bits per heavy atom. The summed E-state index contributed by atoms with van der Waals surface area (Å²) < 4.78 is 3.67. The number of carbonyl (C=O) groups excluding carboxylic acids is 1. The maximum atomic E-state index is 13.2. The zero-order valence-electron chi connectivity index (χ0n) is 17.6. The molecule has 7 nitrogen and oxygen atoms in total. The fourth-order valence-corrected chi connectivity index (χ4v) is 3.63. The minimum absolute atomic E-state index is 0.201. The molecular weight excluding hydrogens is 400 g/mol. The molecule has 3 heterocycles. The van der Waals surface area contributed by atoms with Crippen molar-refractivity contribution in [2.75, 3.05) is 0 Å². The molecule has 1 N–H and O–H groups in total. The maximum absolute atomic E-state index is 13.2. The van der Waals surface area contributed by atoms with Crippen molar-refractivity contribution in [3.05, 3.63) is 108 Å². The zero-order chi connectivity index (χ0) is 21.9. The normalized spacial score (nSPS) is 11.0. The summed E-state index contributed by atoms with van der Waals surface area (Å²) in [5, 5.41) is 16.0. The smallest absolute Gasteiger partial charge is 0.255 e. The largest absolute Gasteiger partial charge is 0.345 e. The Morgan fingerprint density at radius 1 is 0.938 bits per heavy atom. The summed E-state index contributed by atoms with van der Waals surface area (Å²) in [4.78, 5) is 13.2. The first-order valence-corrected chi connectivity index (χ1v) is 10.4. The summed E-state index contributed by atoms with van der Waals surface area (Å²) >= 11 is 0. The molecule has 2 aromatic carbocycles. The summed E-state index contributed by atoms with van der Waals surface area (Å²) in [6, 6.07) is 23.8. The maximum Gasteiger partial charge on any atom is 0.255 e. The van der Waals surface area contributed by atoms with Crippen molar-refractivity contribution in [1.29, 1.82) is 0 Å². The van der Waals surface area contributed by atoms with Crippen molar-refractivity contribution in [2.24, 2.45) is 0 Å². The second-order valence-electron chi connectivity index (χ2n) is 7.67. The molecule has 0 aliphatic heterocycles. The molecule has 3 aromatic heterocycles. The highest BCUT2D eigenvalue weighted by Gasteiger charge is 2.19. The van der Waals surface area contributed by atoms with Gasteiger partial charge in [0.05, 0.1) is 18.7 Å². The molecule has 158 valence electrons. The molecule has 0 saturated heterocycles. The lowest BCUT2D eigenvalue weighted by Gasteiger charge is -2.05. The van der Waals surface area contributed by atoms with Crippen LogP contribution in [0.25, 0.3) is 16.9 Å². The first kappa shape index (κ1) is 19.7. The van der Waals surface area contributed by atoms with Gasteiger partial charge in [0.1, 0.15) is 5.69 Å². The van der Waals surface area contributed by atoms with Crippen LogP contribution in [-0.4, -0.2) is 30.3 Å². The van der Waals surface area contributed by atoms with Gasteiger partial charge in [-0.15, -0.1) is 10.2 Å². The molecule has 0 radical (unpaired) electrons. The van der Waals surface area contributed by atoms with E-state index in [2.05, 4.69) is 15.5 Å². The van der Waals surface area contributed by atoms with Crippen LogP contribution in [0.4, 0.5) is 0 Å². The lowest BCUT2D eigenvalue weighted by molar-refractivity contribution is 0.0950. The summed E-state index contributed by atoms with van der Waals surface area (Å²) in [5.74, 6) is 0.468. The Balaban J connectivity index is 1.43. The van der Waals surface area contributed by atoms with Crippen molar-refractivity contribution in [2.45, 2.75) is 20.0 Å². The minimum atomic E-state index is -0.201. The Bertz CT molecular complexity index is 1370. The number of aromatic nitrogens is 5. The molecule has 0 atom stereocenters. The topological polar surface area (TPSA) is 77.1 Å². The fourth-order valence-electron chi connectivity index (χ4n) is 3.63. The van der Waals surface area contributed by atoms with E-state index in [9.17, 15) is 4.79 Å². The molecule has 0 saturated carbocycles. The summed E-state index contributed by atoms with van der Waals surface area (Å²) in [6.07, 6.45) is 3.69. The van der Waals surface area contributed by atoms with Gasteiger partial charge in [0.25, 0.3) is 5.91 Å².